The molecule has 28 heavy (non-hydrogen) atoms. The van der Waals surface area contributed by atoms with Gasteiger partial charge in [0.15, 0.2) is 0 Å². The van der Waals surface area contributed by atoms with E-state index in [1.54, 1.807) is 12.1 Å². The Balaban J connectivity index is 0.000000390. The molecule has 6 nitrogen and oxygen atoms in total. The van der Waals surface area contributed by atoms with Gasteiger partial charge in [-0.05, 0) is 36.8 Å². The molecule has 142 valence electrons. The molecule has 0 aromatic heterocycles. The van der Waals surface area contributed by atoms with Crippen LogP contribution in [0.25, 0.3) is 0 Å². The first-order chi connectivity index (χ1) is 12.8. The van der Waals surface area contributed by atoms with Crippen LogP contribution in [0.2, 0.25) is 0 Å². The Hall–Kier alpha value is -2.88. The third-order valence-electron chi connectivity index (χ3n) is 3.13. The average Bonchev–Trinajstić information content (AvgIpc) is 2.64. The molecule has 0 saturated carbocycles. The van der Waals surface area contributed by atoms with Crippen LogP contribution in [-0.2, 0) is 0 Å². The van der Waals surface area contributed by atoms with E-state index < -0.39 is 17.7 Å². The fourth-order valence-electron chi connectivity index (χ4n) is 1.76. The second kappa shape index (κ2) is 13.3. The Morgan fingerprint density at radius 1 is 0.964 bits per heavy atom. The molecule has 0 saturated heterocycles. The molecular weight excluding hydrogens is 557 g/mol. The van der Waals surface area contributed by atoms with Gasteiger partial charge >= 0.3 is 32.2 Å². The number of hydrogen-bond acceptors (Lipinski definition) is 5. The van der Waals surface area contributed by atoms with Crippen molar-refractivity contribution in [3.05, 3.63) is 95.6 Å². The average molecular weight is 574 g/mol. The minimum Gasteiger partial charge on any atom is -0.872 e. The molecule has 0 amide bonds. The topological polar surface area (TPSA) is 121 Å². The van der Waals surface area contributed by atoms with Gasteiger partial charge in [-0.25, -0.2) is 4.79 Å². The quantitative estimate of drug-likeness (QED) is 0.416. The summed E-state index contributed by atoms with van der Waals surface area (Å²) in [7, 11) is 0. The van der Waals surface area contributed by atoms with Crippen molar-refractivity contribution in [3.8, 4) is 11.5 Å². The number of carbonyl (C=O) groups is 2. The van der Waals surface area contributed by atoms with Gasteiger partial charge in [-0.1, -0.05) is 53.8 Å². The number of carbonyl (C=O) groups excluding carboxylic acids is 1. The van der Waals surface area contributed by atoms with E-state index >= 15 is 0 Å². The molecule has 0 heterocycles. The number of phenols is 1. The van der Waals surface area contributed by atoms with Crippen LogP contribution in [0.15, 0.2) is 78.1 Å². The van der Waals surface area contributed by atoms with E-state index in [0.29, 0.717) is 0 Å². The number of aromatic hydroxyl groups is 1. The van der Waals surface area contributed by atoms with Crippen LogP contribution < -0.4 is 10.2 Å². The summed E-state index contributed by atoms with van der Waals surface area (Å²) < 4.78 is 0. The largest absolute Gasteiger partial charge is 2.00 e. The van der Waals surface area contributed by atoms with Crippen LogP contribution in [0, 0.1) is 6.42 Å². The maximum absolute atomic E-state index is 10.6. The molecule has 0 bridgehead atoms. The maximum atomic E-state index is 10.6. The maximum Gasteiger partial charge on any atom is 2.00 e. The van der Waals surface area contributed by atoms with E-state index in [-0.39, 0.29) is 43.1 Å². The summed E-state index contributed by atoms with van der Waals surface area (Å²) in [5, 5.41) is 38.1. The Morgan fingerprint density at radius 2 is 1.54 bits per heavy atom. The molecule has 0 unspecified atom stereocenters. The fraction of sp³-hybridized carbons (Fsp3) is 0.0476. The first-order valence-electron chi connectivity index (χ1n) is 7.74. The normalized spacial score (nSPS) is 10.8. The molecule has 7 heteroatoms. The van der Waals surface area contributed by atoms with E-state index in [9.17, 15) is 19.8 Å². The van der Waals surface area contributed by atoms with Crippen molar-refractivity contribution < 1.29 is 30.0 Å². The summed E-state index contributed by atoms with van der Waals surface area (Å²) in [6.45, 7) is 2.06. The molecule has 2 aromatic rings. The van der Waals surface area contributed by atoms with Crippen molar-refractivity contribution in [3.63, 3.8) is 0 Å². The Bertz CT molecular complexity index is 840. The van der Waals surface area contributed by atoms with Gasteiger partial charge in [0.05, 0.1) is 5.97 Å². The third kappa shape index (κ3) is 9.17. The van der Waals surface area contributed by atoms with Gasteiger partial charge in [0.1, 0.15) is 11.3 Å². The van der Waals surface area contributed by atoms with Gasteiger partial charge in [-0.3, -0.25) is 0 Å². The zero-order valence-electron chi connectivity index (χ0n) is 14.9. The molecule has 3 rings (SSSR count). The number of hydrogen-bond donors (Lipinski definition) is 2. The van der Waals surface area contributed by atoms with Gasteiger partial charge in [-0.15, -0.1) is 5.73 Å². The third-order valence-corrected chi connectivity index (χ3v) is 3.13. The Morgan fingerprint density at radius 3 is 1.86 bits per heavy atom. The second-order valence-corrected chi connectivity index (χ2v) is 5.18. The van der Waals surface area contributed by atoms with E-state index in [4.69, 9.17) is 10.2 Å². The van der Waals surface area contributed by atoms with Crippen LogP contribution in [0.3, 0.4) is 0 Å². The summed E-state index contributed by atoms with van der Waals surface area (Å²) >= 11 is 0. The van der Waals surface area contributed by atoms with Gasteiger partial charge in [0, 0.05) is 6.42 Å². The van der Waals surface area contributed by atoms with E-state index in [1.165, 1.54) is 42.0 Å². The van der Waals surface area contributed by atoms with Gasteiger partial charge in [0.2, 0.25) is 0 Å². The number of carboxylic acid groups (broad SMARTS) is 2. The minimum atomic E-state index is -1.43. The molecule has 0 aliphatic heterocycles. The number of rotatable bonds is 2. The van der Waals surface area contributed by atoms with Crippen molar-refractivity contribution >= 4 is 38.1 Å². The Labute approximate surface area is 181 Å². The first-order valence-corrected chi connectivity index (χ1v) is 7.74. The number of benzene rings is 2. The molecule has 1 aliphatic rings. The second-order valence-electron chi connectivity index (χ2n) is 5.18. The molecular formula is C21H17BiO6. The van der Waals surface area contributed by atoms with E-state index in [1.807, 2.05) is 24.6 Å². The molecule has 0 atom stereocenters. The molecule has 4 radical (unpaired) electrons. The molecule has 2 N–H and O–H groups in total. The number of aromatic carboxylic acids is 2. The predicted molar refractivity (Wildman–Crippen MR) is 102 cm³/mol. The molecule has 0 fully saturated rings. The van der Waals surface area contributed by atoms with Crippen molar-refractivity contribution in [2.45, 2.75) is 6.92 Å². The first kappa shape index (κ1) is 25.1. The number of para-hydroxylation sites is 2. The summed E-state index contributed by atoms with van der Waals surface area (Å²) in [6, 6.07) is 11.2. The van der Waals surface area contributed by atoms with E-state index in [0.717, 1.165) is 0 Å². The fourth-order valence-corrected chi connectivity index (χ4v) is 1.76. The minimum absolute atomic E-state index is 0. The van der Waals surface area contributed by atoms with Gasteiger partial charge in [0.25, 0.3) is 0 Å². The van der Waals surface area contributed by atoms with Crippen molar-refractivity contribution in [2.75, 3.05) is 0 Å². The zero-order valence-corrected chi connectivity index (χ0v) is 18.4. The molecule has 0 spiro atoms. The number of allylic oxidation sites excluding steroid dienone is 3. The number of carboxylic acids is 2. The van der Waals surface area contributed by atoms with Gasteiger partial charge in [-0.2, -0.15) is 0 Å². The smallest absolute Gasteiger partial charge is 0.872 e. The monoisotopic (exact) mass is 574 g/mol. The SMILES string of the molecule is CC1=CC=C=C[CH]1.O=C(O)c1ccccc1O.O=C([O-])c1ccccc1[O-].[Bi+2]. The van der Waals surface area contributed by atoms with Crippen LogP contribution in [0.1, 0.15) is 27.6 Å². The zero-order chi connectivity index (χ0) is 20.2. The van der Waals surface area contributed by atoms with E-state index in [2.05, 4.69) is 12.7 Å². The van der Waals surface area contributed by atoms with Crippen molar-refractivity contribution in [1.29, 1.82) is 0 Å². The summed E-state index contributed by atoms with van der Waals surface area (Å²) in [4.78, 5) is 20.4. The summed E-state index contributed by atoms with van der Waals surface area (Å²) in [5.41, 5.74) is 3.87. The van der Waals surface area contributed by atoms with Crippen LogP contribution in [-0.4, -0.2) is 48.4 Å². The van der Waals surface area contributed by atoms with Gasteiger partial charge < -0.3 is 25.2 Å². The standard InChI is InChI=1S/2C7H6O3.C7H7.Bi/c2*8-6-4-2-1-3-5(6)7(9)10;1-7-5-3-2-4-6-7;/h2*1-4,8H,(H,9,10);3-6H,1H3;/q;;;+2/p-2. The van der Waals surface area contributed by atoms with Crippen molar-refractivity contribution in [2.24, 2.45) is 0 Å². The molecule has 2 aromatic carbocycles. The molecule has 1 aliphatic carbocycles. The predicted octanol–water partition coefficient (Wildman–Crippen LogP) is 1.70. The summed E-state index contributed by atoms with van der Waals surface area (Å²) in [5.74, 6) is -3.25. The van der Waals surface area contributed by atoms with Crippen LogP contribution in [0.5, 0.6) is 11.5 Å². The van der Waals surface area contributed by atoms with Crippen LogP contribution >= 0.6 is 0 Å². The Kier molecular flexibility index (Phi) is 11.9. The van der Waals surface area contributed by atoms with Crippen LogP contribution in [0.4, 0.5) is 0 Å². The summed E-state index contributed by atoms with van der Waals surface area (Å²) in [6.07, 6.45) is 7.88. The van der Waals surface area contributed by atoms with Crippen molar-refractivity contribution in [1.82, 2.24) is 0 Å².